The quantitative estimate of drug-likeness (QED) is 0.504. The van der Waals surface area contributed by atoms with Gasteiger partial charge < -0.3 is 10.1 Å². The van der Waals surface area contributed by atoms with E-state index < -0.39 is 0 Å². The first-order chi connectivity index (χ1) is 10.2. The first-order valence-electron chi connectivity index (χ1n) is 6.03. The summed E-state index contributed by atoms with van der Waals surface area (Å²) in [4.78, 5) is 9.48. The Kier molecular flexibility index (Phi) is 3.78. The summed E-state index contributed by atoms with van der Waals surface area (Å²) in [5.74, 6) is 7.01. The zero-order chi connectivity index (χ0) is 14.8. The van der Waals surface area contributed by atoms with Crippen molar-refractivity contribution < 1.29 is 4.74 Å². The summed E-state index contributed by atoms with van der Waals surface area (Å²) in [6.45, 7) is 0. The largest absolute Gasteiger partial charge is 0.495 e. The monoisotopic (exact) mass is 321 g/mol. The van der Waals surface area contributed by atoms with Crippen molar-refractivity contribution in [2.75, 3.05) is 17.9 Å². The molecule has 0 unspecified atom stereocenters. The van der Waals surface area contributed by atoms with Gasteiger partial charge in [-0.25, -0.2) is 10.8 Å². The second-order valence-electron chi connectivity index (χ2n) is 4.15. The first-order valence-corrected chi connectivity index (χ1v) is 7.29. The number of hydrogen-bond acceptors (Lipinski definition) is 7. The molecule has 0 spiro atoms. The number of fused-ring (bicyclic) bond motifs is 1. The first kappa shape index (κ1) is 13.9. The van der Waals surface area contributed by atoms with Gasteiger partial charge in [0, 0.05) is 11.8 Å². The number of nitrogens with one attached hydrogen (secondary N) is 2. The standard InChI is InChI=1S/C13H12ClN5OS/c1-20-10-6-7(2-3-9(10)14)16-11-8-4-5-21-12(8)18-13(17-11)19-15/h2-6H,15H2,1H3,(H2,16,17,18,19). The van der Waals surface area contributed by atoms with Crippen molar-refractivity contribution in [1.29, 1.82) is 0 Å². The summed E-state index contributed by atoms with van der Waals surface area (Å²) in [6, 6.07) is 7.37. The van der Waals surface area contributed by atoms with Crippen molar-refractivity contribution in [3.8, 4) is 5.75 Å². The normalized spacial score (nSPS) is 10.6. The maximum Gasteiger partial charge on any atom is 0.240 e. The molecule has 6 nitrogen and oxygen atoms in total. The topological polar surface area (TPSA) is 85.1 Å². The van der Waals surface area contributed by atoms with Crippen LogP contribution in [0.4, 0.5) is 17.5 Å². The van der Waals surface area contributed by atoms with Crippen LogP contribution in [-0.4, -0.2) is 17.1 Å². The molecular formula is C13H12ClN5OS. The molecule has 0 aliphatic carbocycles. The number of ether oxygens (including phenoxy) is 1. The van der Waals surface area contributed by atoms with Crippen molar-refractivity contribution in [3.63, 3.8) is 0 Å². The second kappa shape index (κ2) is 5.72. The summed E-state index contributed by atoms with van der Waals surface area (Å²) >= 11 is 7.54. The van der Waals surface area contributed by atoms with Crippen LogP contribution in [-0.2, 0) is 0 Å². The number of nitrogen functional groups attached to an aromatic ring is 1. The highest BCUT2D eigenvalue weighted by Crippen LogP contribution is 2.32. The van der Waals surface area contributed by atoms with Crippen molar-refractivity contribution in [2.45, 2.75) is 0 Å². The van der Waals surface area contributed by atoms with Crippen LogP contribution in [0.5, 0.6) is 5.75 Å². The fourth-order valence-electron chi connectivity index (χ4n) is 1.89. The molecule has 2 aromatic heterocycles. The van der Waals surface area contributed by atoms with Crippen LogP contribution in [0.2, 0.25) is 5.02 Å². The molecule has 0 amide bonds. The Balaban J connectivity index is 2.03. The lowest BCUT2D eigenvalue weighted by molar-refractivity contribution is 0.415. The number of aromatic nitrogens is 2. The van der Waals surface area contributed by atoms with Gasteiger partial charge in [0.05, 0.1) is 17.5 Å². The molecule has 8 heteroatoms. The van der Waals surface area contributed by atoms with E-state index in [1.165, 1.54) is 11.3 Å². The zero-order valence-electron chi connectivity index (χ0n) is 11.1. The van der Waals surface area contributed by atoms with Crippen LogP contribution in [0.25, 0.3) is 10.2 Å². The molecule has 4 N–H and O–H groups in total. The van der Waals surface area contributed by atoms with Gasteiger partial charge in [-0.3, -0.25) is 5.43 Å². The molecule has 3 aromatic rings. The zero-order valence-corrected chi connectivity index (χ0v) is 12.6. The molecule has 0 aliphatic rings. The second-order valence-corrected chi connectivity index (χ2v) is 5.46. The molecule has 0 aliphatic heterocycles. The molecule has 0 saturated heterocycles. The summed E-state index contributed by atoms with van der Waals surface area (Å²) < 4.78 is 5.21. The van der Waals surface area contributed by atoms with Crippen molar-refractivity contribution in [3.05, 3.63) is 34.7 Å². The molecule has 0 atom stereocenters. The summed E-state index contributed by atoms with van der Waals surface area (Å²) in [7, 11) is 1.57. The minimum atomic E-state index is 0.355. The smallest absolute Gasteiger partial charge is 0.240 e. The van der Waals surface area contributed by atoms with Gasteiger partial charge in [-0.15, -0.1) is 11.3 Å². The number of rotatable bonds is 4. The van der Waals surface area contributed by atoms with Crippen molar-refractivity contribution in [2.24, 2.45) is 5.84 Å². The van der Waals surface area contributed by atoms with E-state index in [1.54, 1.807) is 19.2 Å². The van der Waals surface area contributed by atoms with Crippen LogP contribution in [0, 0.1) is 0 Å². The number of hydrazine groups is 1. The van der Waals surface area contributed by atoms with Gasteiger partial charge in [0.15, 0.2) is 0 Å². The lowest BCUT2D eigenvalue weighted by atomic mass is 10.3. The Morgan fingerprint density at radius 1 is 1.29 bits per heavy atom. The van der Waals surface area contributed by atoms with Crippen molar-refractivity contribution >= 4 is 50.6 Å². The fourth-order valence-corrected chi connectivity index (χ4v) is 2.85. The molecule has 108 valence electrons. The Labute approximate surface area is 129 Å². The number of halogens is 1. The van der Waals surface area contributed by atoms with Gasteiger partial charge in [0.1, 0.15) is 16.4 Å². The third-order valence-electron chi connectivity index (χ3n) is 2.87. The molecular weight excluding hydrogens is 310 g/mol. The Hall–Kier alpha value is -2.09. The number of methoxy groups -OCH3 is 1. The third-order valence-corrected chi connectivity index (χ3v) is 3.99. The summed E-state index contributed by atoms with van der Waals surface area (Å²) in [5.41, 5.74) is 3.28. The van der Waals surface area contributed by atoms with E-state index in [9.17, 15) is 0 Å². The number of anilines is 3. The van der Waals surface area contributed by atoms with Crippen LogP contribution in [0.3, 0.4) is 0 Å². The predicted molar refractivity (Wildman–Crippen MR) is 86.5 cm³/mol. The molecule has 0 saturated carbocycles. The minimum Gasteiger partial charge on any atom is -0.495 e. The molecule has 21 heavy (non-hydrogen) atoms. The van der Waals surface area contributed by atoms with E-state index in [-0.39, 0.29) is 0 Å². The van der Waals surface area contributed by atoms with E-state index in [4.69, 9.17) is 22.2 Å². The highest BCUT2D eigenvalue weighted by molar-refractivity contribution is 7.16. The Morgan fingerprint density at radius 3 is 2.90 bits per heavy atom. The number of hydrogen-bond donors (Lipinski definition) is 3. The van der Waals surface area contributed by atoms with Gasteiger partial charge in [0.25, 0.3) is 0 Å². The van der Waals surface area contributed by atoms with Gasteiger partial charge in [0.2, 0.25) is 5.95 Å². The van der Waals surface area contributed by atoms with Crippen LogP contribution < -0.4 is 21.3 Å². The summed E-state index contributed by atoms with van der Waals surface area (Å²) in [5, 5.41) is 6.66. The fraction of sp³-hybridized carbons (Fsp3) is 0.0769. The molecule has 0 fully saturated rings. The highest BCUT2D eigenvalue weighted by Gasteiger charge is 2.10. The average molecular weight is 322 g/mol. The maximum atomic E-state index is 6.02. The highest BCUT2D eigenvalue weighted by atomic mass is 35.5. The number of nitrogens with two attached hydrogens (primary N) is 1. The van der Waals surface area contributed by atoms with E-state index in [1.807, 2.05) is 17.5 Å². The van der Waals surface area contributed by atoms with E-state index in [0.29, 0.717) is 22.5 Å². The SMILES string of the molecule is COc1cc(Nc2nc(NN)nc3sccc23)ccc1Cl. The van der Waals surface area contributed by atoms with Crippen molar-refractivity contribution in [1.82, 2.24) is 9.97 Å². The van der Waals surface area contributed by atoms with Gasteiger partial charge in [-0.2, -0.15) is 4.98 Å². The number of thiophene rings is 1. The van der Waals surface area contributed by atoms with Gasteiger partial charge in [-0.1, -0.05) is 11.6 Å². The molecule has 2 heterocycles. The number of nitrogens with zero attached hydrogens (tertiary/aromatic N) is 2. The number of benzene rings is 1. The van der Waals surface area contributed by atoms with Crippen LogP contribution in [0.15, 0.2) is 29.6 Å². The molecule has 3 rings (SSSR count). The van der Waals surface area contributed by atoms with Gasteiger partial charge >= 0.3 is 0 Å². The van der Waals surface area contributed by atoms with E-state index in [0.717, 1.165) is 15.9 Å². The predicted octanol–water partition coefficient (Wildman–Crippen LogP) is 3.38. The Morgan fingerprint density at radius 2 is 2.14 bits per heavy atom. The van der Waals surface area contributed by atoms with Crippen LogP contribution in [0.1, 0.15) is 0 Å². The lowest BCUT2D eigenvalue weighted by Crippen LogP contribution is -2.11. The average Bonchev–Trinajstić information content (AvgIpc) is 2.97. The van der Waals surface area contributed by atoms with Crippen LogP contribution >= 0.6 is 22.9 Å². The Bertz CT molecular complexity index is 791. The molecule has 0 radical (unpaired) electrons. The lowest BCUT2D eigenvalue weighted by Gasteiger charge is -2.10. The molecule has 0 bridgehead atoms. The summed E-state index contributed by atoms with van der Waals surface area (Å²) in [6.07, 6.45) is 0. The van der Waals surface area contributed by atoms with E-state index in [2.05, 4.69) is 20.7 Å². The molecule has 1 aromatic carbocycles. The van der Waals surface area contributed by atoms with E-state index >= 15 is 0 Å². The third kappa shape index (κ3) is 2.71. The minimum absolute atomic E-state index is 0.355. The van der Waals surface area contributed by atoms with Gasteiger partial charge in [-0.05, 0) is 23.6 Å². The maximum absolute atomic E-state index is 6.02.